The van der Waals surface area contributed by atoms with Gasteiger partial charge in [-0.3, -0.25) is 4.79 Å². The summed E-state index contributed by atoms with van der Waals surface area (Å²) in [6.07, 6.45) is 6.40. The van der Waals surface area contributed by atoms with Crippen molar-refractivity contribution in [1.29, 1.82) is 0 Å². The Morgan fingerprint density at radius 2 is 1.94 bits per heavy atom. The SMILES string of the molecule is NC1C=CC=CC1(O)C(=O)c1ccccc1. The minimum absolute atomic E-state index is 0.374. The molecule has 2 rings (SSSR count). The van der Waals surface area contributed by atoms with Gasteiger partial charge < -0.3 is 10.8 Å². The average molecular weight is 215 g/mol. The van der Waals surface area contributed by atoms with E-state index >= 15 is 0 Å². The van der Waals surface area contributed by atoms with Gasteiger partial charge >= 0.3 is 0 Å². The lowest BCUT2D eigenvalue weighted by Gasteiger charge is -2.29. The first kappa shape index (κ1) is 10.8. The highest BCUT2D eigenvalue weighted by atomic mass is 16.3. The quantitative estimate of drug-likeness (QED) is 0.725. The van der Waals surface area contributed by atoms with E-state index in [0.29, 0.717) is 5.56 Å². The Morgan fingerprint density at radius 3 is 2.56 bits per heavy atom. The largest absolute Gasteiger partial charge is 0.376 e. The molecule has 3 heteroatoms. The van der Waals surface area contributed by atoms with Crippen LogP contribution < -0.4 is 5.73 Å². The highest BCUT2D eigenvalue weighted by molar-refractivity contribution is 6.04. The molecule has 1 aromatic carbocycles. The van der Waals surface area contributed by atoms with Crippen LogP contribution in [0.4, 0.5) is 0 Å². The number of hydrogen-bond donors (Lipinski definition) is 2. The molecule has 2 unspecified atom stereocenters. The van der Waals surface area contributed by atoms with Crippen LogP contribution >= 0.6 is 0 Å². The van der Waals surface area contributed by atoms with Crippen molar-refractivity contribution >= 4 is 5.78 Å². The van der Waals surface area contributed by atoms with Crippen molar-refractivity contribution in [1.82, 2.24) is 0 Å². The second kappa shape index (κ2) is 4.04. The average Bonchev–Trinajstić information content (AvgIpc) is 2.33. The van der Waals surface area contributed by atoms with Gasteiger partial charge in [0.15, 0.2) is 11.4 Å². The highest BCUT2D eigenvalue weighted by Gasteiger charge is 2.39. The van der Waals surface area contributed by atoms with Gasteiger partial charge in [0.25, 0.3) is 0 Å². The lowest BCUT2D eigenvalue weighted by Crippen LogP contribution is -2.52. The van der Waals surface area contributed by atoms with Crippen molar-refractivity contribution in [3.8, 4) is 0 Å². The maximum absolute atomic E-state index is 12.1. The Bertz CT molecular complexity index is 450. The van der Waals surface area contributed by atoms with Crippen LogP contribution in [0.1, 0.15) is 10.4 Å². The normalized spacial score (nSPS) is 28.0. The monoisotopic (exact) mass is 215 g/mol. The molecule has 82 valence electrons. The van der Waals surface area contributed by atoms with Gasteiger partial charge in [0.05, 0.1) is 6.04 Å². The van der Waals surface area contributed by atoms with E-state index in [-0.39, 0.29) is 5.78 Å². The lowest BCUT2D eigenvalue weighted by atomic mass is 9.83. The summed E-state index contributed by atoms with van der Waals surface area (Å²) < 4.78 is 0. The molecule has 16 heavy (non-hydrogen) atoms. The van der Waals surface area contributed by atoms with Crippen LogP contribution in [-0.2, 0) is 0 Å². The number of carbonyl (C=O) groups excluding carboxylic acids is 1. The molecule has 0 radical (unpaired) electrons. The molecule has 1 aromatic rings. The summed E-state index contributed by atoms with van der Waals surface area (Å²) in [5, 5.41) is 10.2. The molecule has 0 bridgehead atoms. The zero-order chi connectivity index (χ0) is 11.6. The summed E-state index contributed by atoms with van der Waals surface area (Å²) in [7, 11) is 0. The zero-order valence-corrected chi connectivity index (χ0v) is 8.71. The Balaban J connectivity index is 2.35. The van der Waals surface area contributed by atoms with E-state index in [1.807, 2.05) is 6.07 Å². The fourth-order valence-electron chi connectivity index (χ4n) is 1.69. The van der Waals surface area contributed by atoms with Crippen LogP contribution in [-0.4, -0.2) is 22.5 Å². The summed E-state index contributed by atoms with van der Waals surface area (Å²) in [4.78, 5) is 12.1. The zero-order valence-electron chi connectivity index (χ0n) is 8.71. The summed E-state index contributed by atoms with van der Waals surface area (Å²) in [6, 6.07) is 7.95. The molecule has 0 aliphatic heterocycles. The van der Waals surface area contributed by atoms with Crippen LogP contribution in [0.3, 0.4) is 0 Å². The minimum atomic E-state index is -1.63. The summed E-state index contributed by atoms with van der Waals surface area (Å²) in [5.74, 6) is -0.374. The number of allylic oxidation sites excluding steroid dienone is 2. The van der Waals surface area contributed by atoms with Gasteiger partial charge in [0, 0.05) is 5.56 Å². The molecular weight excluding hydrogens is 202 g/mol. The van der Waals surface area contributed by atoms with Crippen LogP contribution in [0, 0.1) is 0 Å². The second-order valence-corrected chi connectivity index (χ2v) is 3.79. The smallest absolute Gasteiger partial charge is 0.200 e. The molecule has 3 nitrogen and oxygen atoms in total. The van der Waals surface area contributed by atoms with Gasteiger partial charge in [-0.15, -0.1) is 0 Å². The van der Waals surface area contributed by atoms with E-state index in [2.05, 4.69) is 0 Å². The van der Waals surface area contributed by atoms with Crippen LogP contribution in [0.25, 0.3) is 0 Å². The van der Waals surface area contributed by atoms with E-state index in [1.165, 1.54) is 6.08 Å². The summed E-state index contributed by atoms with van der Waals surface area (Å²) in [5.41, 5.74) is 4.57. The molecule has 0 saturated carbocycles. The Kier molecular flexibility index (Phi) is 2.73. The summed E-state index contributed by atoms with van der Waals surface area (Å²) in [6.45, 7) is 0. The van der Waals surface area contributed by atoms with Gasteiger partial charge in [-0.05, 0) is 6.08 Å². The first-order valence-electron chi connectivity index (χ1n) is 5.08. The van der Waals surface area contributed by atoms with Crippen molar-refractivity contribution in [2.24, 2.45) is 5.73 Å². The molecule has 0 spiro atoms. The van der Waals surface area contributed by atoms with Crippen LogP contribution in [0.5, 0.6) is 0 Å². The van der Waals surface area contributed by atoms with Crippen LogP contribution in [0.2, 0.25) is 0 Å². The molecule has 0 aromatic heterocycles. The fraction of sp³-hybridized carbons (Fsp3) is 0.154. The van der Waals surface area contributed by atoms with E-state index in [9.17, 15) is 9.90 Å². The Morgan fingerprint density at radius 1 is 1.25 bits per heavy atom. The molecule has 3 N–H and O–H groups in total. The van der Waals surface area contributed by atoms with Crippen molar-refractivity contribution in [2.75, 3.05) is 0 Å². The maximum atomic E-state index is 12.1. The number of Topliss-reactive ketones (excluding diaryl/α,β-unsaturated/α-hetero) is 1. The lowest BCUT2D eigenvalue weighted by molar-refractivity contribution is 0.0477. The Hall–Kier alpha value is -1.71. The van der Waals surface area contributed by atoms with Gasteiger partial charge in [-0.25, -0.2) is 0 Å². The van der Waals surface area contributed by atoms with E-state index in [4.69, 9.17) is 5.73 Å². The van der Waals surface area contributed by atoms with E-state index in [0.717, 1.165) is 0 Å². The van der Waals surface area contributed by atoms with Crippen molar-refractivity contribution in [2.45, 2.75) is 11.6 Å². The number of ketones is 1. The second-order valence-electron chi connectivity index (χ2n) is 3.79. The van der Waals surface area contributed by atoms with Gasteiger partial charge in [0.2, 0.25) is 0 Å². The van der Waals surface area contributed by atoms with Gasteiger partial charge in [-0.2, -0.15) is 0 Å². The molecule has 1 aliphatic carbocycles. The molecular formula is C13H13NO2. The summed E-state index contributed by atoms with van der Waals surface area (Å²) >= 11 is 0. The molecule has 2 atom stereocenters. The maximum Gasteiger partial charge on any atom is 0.200 e. The Labute approximate surface area is 93.9 Å². The highest BCUT2D eigenvalue weighted by Crippen LogP contribution is 2.22. The number of nitrogens with two attached hydrogens (primary N) is 1. The minimum Gasteiger partial charge on any atom is -0.376 e. The topological polar surface area (TPSA) is 63.3 Å². The molecule has 0 saturated heterocycles. The van der Waals surface area contributed by atoms with E-state index in [1.54, 1.807) is 42.5 Å². The van der Waals surface area contributed by atoms with Gasteiger partial charge in [-0.1, -0.05) is 48.6 Å². The van der Waals surface area contributed by atoms with Crippen molar-refractivity contribution in [3.05, 3.63) is 60.2 Å². The number of benzene rings is 1. The number of rotatable bonds is 2. The third-order valence-electron chi connectivity index (χ3n) is 2.69. The predicted octanol–water partition coefficient (Wildman–Crippen LogP) is 1.05. The molecule has 0 amide bonds. The molecule has 1 aliphatic rings. The molecule has 0 fully saturated rings. The third kappa shape index (κ3) is 1.71. The number of hydrogen-bond acceptors (Lipinski definition) is 3. The van der Waals surface area contributed by atoms with E-state index < -0.39 is 11.6 Å². The third-order valence-corrected chi connectivity index (χ3v) is 2.69. The van der Waals surface area contributed by atoms with Gasteiger partial charge in [0.1, 0.15) is 0 Å². The van der Waals surface area contributed by atoms with Crippen LogP contribution in [0.15, 0.2) is 54.6 Å². The first-order chi connectivity index (χ1) is 7.64. The predicted molar refractivity (Wildman–Crippen MR) is 62.0 cm³/mol. The molecule has 0 heterocycles. The number of aliphatic hydroxyl groups is 1. The van der Waals surface area contributed by atoms with Crippen molar-refractivity contribution < 1.29 is 9.90 Å². The first-order valence-corrected chi connectivity index (χ1v) is 5.08. The number of carbonyl (C=O) groups is 1. The fourth-order valence-corrected chi connectivity index (χ4v) is 1.69. The van der Waals surface area contributed by atoms with Crippen molar-refractivity contribution in [3.63, 3.8) is 0 Å². The standard InChI is InChI=1S/C13H13NO2/c14-11-8-4-5-9-13(11,16)12(15)10-6-2-1-3-7-10/h1-9,11,16H,14H2.